The molecule has 96 valence electrons. The lowest BCUT2D eigenvalue weighted by Gasteiger charge is -2.26. The number of nitrogens with zero attached hydrogens (tertiary/aromatic N) is 1. The third-order valence-corrected chi connectivity index (χ3v) is 4.00. The minimum absolute atomic E-state index is 0.193. The van der Waals surface area contributed by atoms with Gasteiger partial charge in [0.25, 0.3) is 0 Å². The molecule has 0 saturated heterocycles. The second-order valence-electron chi connectivity index (χ2n) is 5.34. The SMILES string of the molecule is NC(Cc1nc2ccccc2o1)C1CCCCC1. The fraction of sp³-hybridized carbons (Fsp3) is 0.533. The minimum Gasteiger partial charge on any atom is -0.441 e. The summed E-state index contributed by atoms with van der Waals surface area (Å²) in [5, 5.41) is 0. The lowest BCUT2D eigenvalue weighted by atomic mass is 9.83. The van der Waals surface area contributed by atoms with Crippen molar-refractivity contribution in [3.05, 3.63) is 30.2 Å². The van der Waals surface area contributed by atoms with E-state index in [0.29, 0.717) is 5.92 Å². The first-order chi connectivity index (χ1) is 8.83. The van der Waals surface area contributed by atoms with Crippen LogP contribution in [0.3, 0.4) is 0 Å². The van der Waals surface area contributed by atoms with Crippen LogP contribution >= 0.6 is 0 Å². The predicted molar refractivity (Wildman–Crippen MR) is 72.3 cm³/mol. The van der Waals surface area contributed by atoms with Gasteiger partial charge in [0.2, 0.25) is 0 Å². The van der Waals surface area contributed by atoms with Gasteiger partial charge in [-0.05, 0) is 30.9 Å². The Balaban J connectivity index is 1.71. The number of fused-ring (bicyclic) bond motifs is 1. The van der Waals surface area contributed by atoms with Crippen molar-refractivity contribution in [2.24, 2.45) is 11.7 Å². The molecule has 1 fully saturated rings. The van der Waals surface area contributed by atoms with E-state index >= 15 is 0 Å². The van der Waals surface area contributed by atoms with E-state index in [1.165, 1.54) is 32.1 Å². The van der Waals surface area contributed by atoms with Crippen molar-refractivity contribution >= 4 is 11.1 Å². The zero-order valence-electron chi connectivity index (χ0n) is 10.6. The van der Waals surface area contributed by atoms with Crippen LogP contribution < -0.4 is 5.73 Å². The van der Waals surface area contributed by atoms with E-state index in [9.17, 15) is 0 Å². The summed E-state index contributed by atoms with van der Waals surface area (Å²) in [6.45, 7) is 0. The Morgan fingerprint density at radius 1 is 1.22 bits per heavy atom. The highest BCUT2D eigenvalue weighted by Crippen LogP contribution is 2.27. The number of para-hydroxylation sites is 2. The highest BCUT2D eigenvalue weighted by atomic mass is 16.3. The van der Waals surface area contributed by atoms with E-state index < -0.39 is 0 Å². The van der Waals surface area contributed by atoms with Crippen LogP contribution in [0.15, 0.2) is 28.7 Å². The average Bonchev–Trinajstić information content (AvgIpc) is 2.82. The molecule has 1 atom stereocenters. The lowest BCUT2D eigenvalue weighted by Crippen LogP contribution is -2.33. The number of hydrogen-bond donors (Lipinski definition) is 1. The van der Waals surface area contributed by atoms with Crippen molar-refractivity contribution in [3.8, 4) is 0 Å². The van der Waals surface area contributed by atoms with Gasteiger partial charge in [-0.3, -0.25) is 0 Å². The first kappa shape index (κ1) is 11.7. The molecule has 1 aliphatic carbocycles. The summed E-state index contributed by atoms with van der Waals surface area (Å²) in [5.74, 6) is 1.43. The van der Waals surface area contributed by atoms with Crippen molar-refractivity contribution in [1.29, 1.82) is 0 Å². The molecule has 3 nitrogen and oxygen atoms in total. The third kappa shape index (κ3) is 2.41. The molecule has 3 heteroatoms. The van der Waals surface area contributed by atoms with Crippen molar-refractivity contribution in [2.75, 3.05) is 0 Å². The summed E-state index contributed by atoms with van der Waals surface area (Å²) in [6.07, 6.45) is 7.31. The molecular formula is C15H20N2O. The van der Waals surface area contributed by atoms with Gasteiger partial charge < -0.3 is 10.2 Å². The van der Waals surface area contributed by atoms with E-state index in [-0.39, 0.29) is 6.04 Å². The molecule has 1 heterocycles. The van der Waals surface area contributed by atoms with E-state index in [2.05, 4.69) is 4.98 Å². The van der Waals surface area contributed by atoms with E-state index in [1.807, 2.05) is 24.3 Å². The first-order valence-electron chi connectivity index (χ1n) is 6.93. The molecule has 2 N–H and O–H groups in total. The fourth-order valence-corrected chi connectivity index (χ4v) is 2.94. The summed E-state index contributed by atoms with van der Waals surface area (Å²) in [6, 6.07) is 8.08. The molecule has 3 rings (SSSR count). The predicted octanol–water partition coefficient (Wildman–Crippen LogP) is 3.28. The van der Waals surface area contributed by atoms with E-state index in [1.54, 1.807) is 0 Å². The second kappa shape index (κ2) is 5.11. The Labute approximate surface area is 107 Å². The van der Waals surface area contributed by atoms with Crippen molar-refractivity contribution in [1.82, 2.24) is 4.98 Å². The minimum atomic E-state index is 0.193. The molecule has 1 aromatic heterocycles. The second-order valence-corrected chi connectivity index (χ2v) is 5.34. The van der Waals surface area contributed by atoms with Crippen LogP contribution in [0.5, 0.6) is 0 Å². The van der Waals surface area contributed by atoms with Crippen molar-refractivity contribution in [2.45, 2.75) is 44.6 Å². The van der Waals surface area contributed by atoms with Gasteiger partial charge in [0.05, 0.1) is 0 Å². The van der Waals surface area contributed by atoms with Gasteiger partial charge >= 0.3 is 0 Å². The van der Waals surface area contributed by atoms with Crippen LogP contribution in [0.2, 0.25) is 0 Å². The number of nitrogens with two attached hydrogens (primary N) is 1. The van der Waals surface area contributed by atoms with Gasteiger partial charge in [0, 0.05) is 12.5 Å². The topological polar surface area (TPSA) is 52.0 Å². The van der Waals surface area contributed by atoms with Crippen LogP contribution in [0.25, 0.3) is 11.1 Å². The molecule has 2 aromatic rings. The lowest BCUT2D eigenvalue weighted by molar-refractivity contribution is 0.293. The molecule has 18 heavy (non-hydrogen) atoms. The summed E-state index contributed by atoms with van der Waals surface area (Å²) in [4.78, 5) is 4.50. The van der Waals surface area contributed by atoms with Crippen LogP contribution in [-0.4, -0.2) is 11.0 Å². The summed E-state index contributed by atoms with van der Waals surface area (Å²) in [5.41, 5.74) is 8.10. The molecule has 1 unspecified atom stereocenters. The number of rotatable bonds is 3. The molecule has 0 bridgehead atoms. The number of aromatic nitrogens is 1. The van der Waals surface area contributed by atoms with Crippen molar-refractivity contribution < 1.29 is 4.42 Å². The van der Waals surface area contributed by atoms with Crippen LogP contribution in [0.4, 0.5) is 0 Å². The maximum Gasteiger partial charge on any atom is 0.197 e. The Kier molecular flexibility index (Phi) is 3.33. The van der Waals surface area contributed by atoms with Crippen LogP contribution in [0, 0.1) is 5.92 Å². The quantitative estimate of drug-likeness (QED) is 0.901. The van der Waals surface area contributed by atoms with Crippen LogP contribution in [0.1, 0.15) is 38.0 Å². The highest BCUT2D eigenvalue weighted by Gasteiger charge is 2.22. The zero-order chi connectivity index (χ0) is 12.4. The summed E-state index contributed by atoms with van der Waals surface area (Å²) < 4.78 is 5.74. The van der Waals surface area contributed by atoms with Gasteiger partial charge in [0.1, 0.15) is 5.52 Å². The first-order valence-corrected chi connectivity index (χ1v) is 6.93. The smallest absolute Gasteiger partial charge is 0.197 e. The van der Waals surface area contributed by atoms with Crippen LogP contribution in [-0.2, 0) is 6.42 Å². The molecule has 0 radical (unpaired) electrons. The number of benzene rings is 1. The number of hydrogen-bond acceptors (Lipinski definition) is 3. The van der Waals surface area contributed by atoms with E-state index in [4.69, 9.17) is 10.2 Å². The Hall–Kier alpha value is -1.35. The Morgan fingerprint density at radius 2 is 2.00 bits per heavy atom. The van der Waals surface area contributed by atoms with Gasteiger partial charge in [-0.1, -0.05) is 31.4 Å². The molecule has 0 spiro atoms. The molecule has 1 saturated carbocycles. The monoisotopic (exact) mass is 244 g/mol. The largest absolute Gasteiger partial charge is 0.441 e. The van der Waals surface area contributed by atoms with Gasteiger partial charge in [-0.15, -0.1) is 0 Å². The maximum absolute atomic E-state index is 6.30. The average molecular weight is 244 g/mol. The Morgan fingerprint density at radius 3 is 2.78 bits per heavy atom. The molecule has 0 amide bonds. The third-order valence-electron chi connectivity index (χ3n) is 4.00. The molecular weight excluding hydrogens is 224 g/mol. The van der Waals surface area contributed by atoms with Gasteiger partial charge in [0.15, 0.2) is 11.5 Å². The van der Waals surface area contributed by atoms with Gasteiger partial charge in [-0.2, -0.15) is 0 Å². The summed E-state index contributed by atoms with van der Waals surface area (Å²) in [7, 11) is 0. The number of oxazole rings is 1. The van der Waals surface area contributed by atoms with E-state index in [0.717, 1.165) is 23.4 Å². The standard InChI is InChI=1S/C15H20N2O/c16-12(11-6-2-1-3-7-11)10-15-17-13-8-4-5-9-14(13)18-15/h4-5,8-9,11-12H,1-3,6-7,10,16H2. The molecule has 1 aliphatic rings. The summed E-state index contributed by atoms with van der Waals surface area (Å²) >= 11 is 0. The molecule has 1 aromatic carbocycles. The van der Waals surface area contributed by atoms with Crippen molar-refractivity contribution in [3.63, 3.8) is 0 Å². The highest BCUT2D eigenvalue weighted by molar-refractivity contribution is 5.72. The van der Waals surface area contributed by atoms with Gasteiger partial charge in [-0.25, -0.2) is 4.98 Å². The maximum atomic E-state index is 6.30. The Bertz CT molecular complexity index is 481. The normalized spacial score (nSPS) is 19.2. The molecule has 0 aliphatic heterocycles. The fourth-order valence-electron chi connectivity index (χ4n) is 2.94. The zero-order valence-corrected chi connectivity index (χ0v) is 10.6.